The lowest BCUT2D eigenvalue weighted by Gasteiger charge is -2.26. The summed E-state index contributed by atoms with van der Waals surface area (Å²) in [6.45, 7) is 4.84. The van der Waals surface area contributed by atoms with E-state index in [1.54, 1.807) is 32.4 Å². The summed E-state index contributed by atoms with van der Waals surface area (Å²) in [5.74, 6) is 0.372. The van der Waals surface area contributed by atoms with Gasteiger partial charge in [0.05, 0.1) is 19.8 Å². The molecule has 0 radical (unpaired) electrons. The molecule has 0 fully saturated rings. The molecule has 1 aromatic heterocycles. The molecule has 0 bridgehead atoms. The van der Waals surface area contributed by atoms with Crippen molar-refractivity contribution >= 4 is 34.2 Å². The highest BCUT2D eigenvalue weighted by Gasteiger charge is 2.27. The van der Waals surface area contributed by atoms with Crippen LogP contribution in [-0.2, 0) is 17.8 Å². The van der Waals surface area contributed by atoms with Gasteiger partial charge in [0.1, 0.15) is 5.00 Å². The largest absolute Gasteiger partial charge is 0.493 e. The van der Waals surface area contributed by atoms with Crippen LogP contribution in [0, 0.1) is 0 Å². The average molecular weight is 430 g/mol. The number of primary amides is 1. The van der Waals surface area contributed by atoms with E-state index in [9.17, 15) is 9.59 Å². The molecule has 0 saturated heterocycles. The molecule has 8 heteroatoms. The topological polar surface area (TPSA) is 93.9 Å². The summed E-state index contributed by atoms with van der Waals surface area (Å²) in [5.41, 5.74) is 7.84. The summed E-state index contributed by atoms with van der Waals surface area (Å²) in [7, 11) is 3.13. The van der Waals surface area contributed by atoms with Crippen LogP contribution >= 0.6 is 11.3 Å². The lowest BCUT2D eigenvalue weighted by atomic mass is 10.0. The number of nitrogens with two attached hydrogens (primary N) is 1. The number of carbonyl (C=O) groups is 2. The summed E-state index contributed by atoms with van der Waals surface area (Å²) in [6, 6.07) is 5.38. The Kier molecular flexibility index (Phi) is 7.12. The zero-order valence-electron chi connectivity index (χ0n) is 17.5. The maximum atomic E-state index is 12.5. The third kappa shape index (κ3) is 4.83. The molecular formula is C22H27N3O4S. The van der Waals surface area contributed by atoms with Gasteiger partial charge in [-0.2, -0.15) is 0 Å². The third-order valence-electron chi connectivity index (χ3n) is 4.99. The maximum Gasteiger partial charge on any atom is 0.251 e. The molecule has 1 aliphatic rings. The van der Waals surface area contributed by atoms with Crippen LogP contribution in [0.1, 0.15) is 39.7 Å². The smallest absolute Gasteiger partial charge is 0.251 e. The zero-order valence-corrected chi connectivity index (χ0v) is 18.3. The van der Waals surface area contributed by atoms with Gasteiger partial charge in [0.25, 0.3) is 5.91 Å². The van der Waals surface area contributed by atoms with E-state index in [0.29, 0.717) is 22.1 Å². The number of carbonyl (C=O) groups excluding carboxylic acids is 2. The van der Waals surface area contributed by atoms with E-state index in [-0.39, 0.29) is 5.91 Å². The number of hydrogen-bond acceptors (Lipinski definition) is 6. The van der Waals surface area contributed by atoms with Crippen molar-refractivity contribution in [3.05, 3.63) is 45.8 Å². The van der Waals surface area contributed by atoms with Gasteiger partial charge < -0.3 is 20.5 Å². The quantitative estimate of drug-likeness (QED) is 0.628. The highest BCUT2D eigenvalue weighted by atomic mass is 32.1. The summed E-state index contributed by atoms with van der Waals surface area (Å²) in [6.07, 6.45) is 4.95. The monoisotopic (exact) mass is 429 g/mol. The molecule has 0 saturated carbocycles. The Bertz CT molecular complexity index is 968. The van der Waals surface area contributed by atoms with Crippen LogP contribution in [0.4, 0.5) is 5.00 Å². The van der Waals surface area contributed by atoms with Crippen molar-refractivity contribution in [3.8, 4) is 11.5 Å². The first kappa shape index (κ1) is 21.9. The molecule has 1 aliphatic heterocycles. The molecule has 0 unspecified atom stereocenters. The SMILES string of the molecule is CCCN1CCc2c(sc(NC(=O)/C=C/c3ccc(OC)c(OC)c3)c2C(N)=O)C1. The van der Waals surface area contributed by atoms with Gasteiger partial charge in [0, 0.05) is 24.0 Å². The Labute approximate surface area is 180 Å². The molecule has 0 atom stereocenters. The first-order valence-corrected chi connectivity index (χ1v) is 10.7. The van der Waals surface area contributed by atoms with Gasteiger partial charge in [-0.05, 0) is 48.7 Å². The summed E-state index contributed by atoms with van der Waals surface area (Å²) >= 11 is 1.44. The van der Waals surface area contributed by atoms with Crippen molar-refractivity contribution in [2.24, 2.45) is 5.73 Å². The van der Waals surface area contributed by atoms with E-state index < -0.39 is 5.91 Å². The minimum absolute atomic E-state index is 0.323. The van der Waals surface area contributed by atoms with E-state index in [1.807, 2.05) is 6.07 Å². The van der Waals surface area contributed by atoms with Gasteiger partial charge in [0.2, 0.25) is 5.91 Å². The second kappa shape index (κ2) is 9.77. The Morgan fingerprint density at radius 3 is 2.70 bits per heavy atom. The predicted octanol–water partition coefficient (Wildman–Crippen LogP) is 3.28. The molecule has 2 heterocycles. The normalized spacial score (nSPS) is 13.8. The molecule has 0 aliphatic carbocycles. The van der Waals surface area contributed by atoms with Crippen LogP contribution in [0.2, 0.25) is 0 Å². The van der Waals surface area contributed by atoms with Crippen LogP contribution < -0.4 is 20.5 Å². The maximum absolute atomic E-state index is 12.5. The molecule has 1 aromatic carbocycles. The number of rotatable bonds is 8. The highest BCUT2D eigenvalue weighted by Crippen LogP contribution is 2.37. The summed E-state index contributed by atoms with van der Waals surface area (Å²) in [5, 5.41) is 3.36. The zero-order chi connectivity index (χ0) is 21.7. The minimum Gasteiger partial charge on any atom is -0.493 e. The van der Waals surface area contributed by atoms with Gasteiger partial charge >= 0.3 is 0 Å². The molecule has 3 N–H and O–H groups in total. The van der Waals surface area contributed by atoms with Gasteiger partial charge in [-0.25, -0.2) is 0 Å². The standard InChI is InChI=1S/C22H27N3O4S/c1-4-10-25-11-9-15-18(13-25)30-22(20(15)21(23)27)24-19(26)8-6-14-5-7-16(28-2)17(12-14)29-3/h5-8,12H,4,9-11,13H2,1-3H3,(H2,23,27)(H,24,26)/b8-6+. The Balaban J connectivity index is 1.77. The first-order chi connectivity index (χ1) is 14.5. The Hall–Kier alpha value is -2.84. The second-order valence-electron chi connectivity index (χ2n) is 7.04. The van der Waals surface area contributed by atoms with Crippen molar-refractivity contribution in [2.75, 3.05) is 32.6 Å². The van der Waals surface area contributed by atoms with E-state index in [4.69, 9.17) is 15.2 Å². The Morgan fingerprint density at radius 1 is 1.27 bits per heavy atom. The number of anilines is 1. The molecule has 2 aromatic rings. The van der Waals surface area contributed by atoms with Crippen molar-refractivity contribution in [1.29, 1.82) is 0 Å². The van der Waals surface area contributed by atoms with Gasteiger partial charge in [-0.3, -0.25) is 14.5 Å². The summed E-state index contributed by atoms with van der Waals surface area (Å²) < 4.78 is 10.5. The van der Waals surface area contributed by atoms with Crippen molar-refractivity contribution in [2.45, 2.75) is 26.3 Å². The Morgan fingerprint density at radius 2 is 2.03 bits per heavy atom. The fourth-order valence-corrected chi connectivity index (χ4v) is 4.89. The van der Waals surface area contributed by atoms with Crippen LogP contribution in [0.25, 0.3) is 6.08 Å². The first-order valence-electron chi connectivity index (χ1n) is 9.84. The molecule has 0 spiro atoms. The molecular weight excluding hydrogens is 402 g/mol. The van der Waals surface area contributed by atoms with Crippen LogP contribution in [0.5, 0.6) is 11.5 Å². The predicted molar refractivity (Wildman–Crippen MR) is 119 cm³/mol. The molecule has 3 rings (SSSR count). The minimum atomic E-state index is -0.504. The van der Waals surface area contributed by atoms with Crippen molar-refractivity contribution in [3.63, 3.8) is 0 Å². The lowest BCUT2D eigenvalue weighted by molar-refractivity contribution is -0.111. The molecule has 160 valence electrons. The molecule has 30 heavy (non-hydrogen) atoms. The number of nitrogens with one attached hydrogen (secondary N) is 1. The third-order valence-corrected chi connectivity index (χ3v) is 6.13. The number of benzene rings is 1. The van der Waals surface area contributed by atoms with Gasteiger partial charge in [-0.15, -0.1) is 11.3 Å². The van der Waals surface area contributed by atoms with Gasteiger partial charge in [-0.1, -0.05) is 13.0 Å². The highest BCUT2D eigenvalue weighted by molar-refractivity contribution is 7.17. The van der Waals surface area contributed by atoms with E-state index in [2.05, 4.69) is 17.1 Å². The van der Waals surface area contributed by atoms with Crippen molar-refractivity contribution in [1.82, 2.24) is 4.90 Å². The van der Waals surface area contributed by atoms with Crippen LogP contribution in [-0.4, -0.2) is 44.0 Å². The van der Waals surface area contributed by atoms with Crippen LogP contribution in [0.15, 0.2) is 24.3 Å². The fraction of sp³-hybridized carbons (Fsp3) is 0.364. The number of ether oxygens (including phenoxy) is 2. The fourth-order valence-electron chi connectivity index (χ4n) is 3.59. The second-order valence-corrected chi connectivity index (χ2v) is 8.14. The number of thiophene rings is 1. The van der Waals surface area contributed by atoms with E-state index in [0.717, 1.165) is 48.5 Å². The molecule has 7 nitrogen and oxygen atoms in total. The molecule has 2 amide bonds. The van der Waals surface area contributed by atoms with E-state index >= 15 is 0 Å². The number of fused-ring (bicyclic) bond motifs is 1. The number of methoxy groups -OCH3 is 2. The number of hydrogen-bond donors (Lipinski definition) is 2. The summed E-state index contributed by atoms with van der Waals surface area (Å²) in [4.78, 5) is 28.0. The van der Waals surface area contributed by atoms with Gasteiger partial charge in [0.15, 0.2) is 11.5 Å². The van der Waals surface area contributed by atoms with Crippen LogP contribution in [0.3, 0.4) is 0 Å². The van der Waals surface area contributed by atoms with Crippen molar-refractivity contribution < 1.29 is 19.1 Å². The number of amides is 2. The van der Waals surface area contributed by atoms with E-state index in [1.165, 1.54) is 17.4 Å². The average Bonchev–Trinajstić information content (AvgIpc) is 3.09. The lowest BCUT2D eigenvalue weighted by Crippen LogP contribution is -2.31. The number of nitrogens with zero attached hydrogens (tertiary/aromatic N) is 1.